The number of nitrogens with one attached hydrogen (secondary N) is 1. The van der Waals surface area contributed by atoms with Crippen molar-refractivity contribution in [3.8, 4) is 0 Å². The molecule has 0 aromatic carbocycles. The number of unbranched alkanes of at least 4 members (excludes halogenated alkanes) is 25. The molecule has 0 saturated carbocycles. The van der Waals surface area contributed by atoms with Gasteiger partial charge in [-0.3, -0.25) is 9.59 Å². The van der Waals surface area contributed by atoms with Crippen LogP contribution in [-0.4, -0.2) is 46.9 Å². The number of allylic oxidation sites excluding steroid dienone is 6. The summed E-state index contributed by atoms with van der Waals surface area (Å²) in [6, 6.07) is -0.709. The molecule has 0 spiro atoms. The molecule has 3 N–H and O–H groups in total. The number of aliphatic hydroxyl groups is 2. The fraction of sp³-hybridized carbons (Fsp3) is 0.840. The van der Waals surface area contributed by atoms with Crippen molar-refractivity contribution in [2.45, 2.75) is 264 Å². The van der Waals surface area contributed by atoms with E-state index in [9.17, 15) is 19.8 Å². The van der Waals surface area contributed by atoms with Gasteiger partial charge in [0.15, 0.2) is 0 Å². The molecule has 0 bridgehead atoms. The first kappa shape index (κ1) is 54.1. The van der Waals surface area contributed by atoms with Crippen LogP contribution in [0.1, 0.15) is 245 Å². The third kappa shape index (κ3) is 38.9. The van der Waals surface area contributed by atoms with Crippen LogP contribution in [0, 0.1) is 0 Å². The molecule has 0 aliphatic heterocycles. The summed E-state index contributed by atoms with van der Waals surface area (Å²) in [6.07, 6.45) is 50.6. The van der Waals surface area contributed by atoms with Crippen molar-refractivity contribution in [3.63, 3.8) is 0 Å². The van der Waals surface area contributed by atoms with Crippen LogP contribution in [0.4, 0.5) is 0 Å². The summed E-state index contributed by atoms with van der Waals surface area (Å²) in [5.41, 5.74) is 0. The van der Waals surface area contributed by atoms with E-state index in [0.29, 0.717) is 19.3 Å². The number of carbonyl (C=O) groups is 2. The van der Waals surface area contributed by atoms with Crippen LogP contribution in [0.2, 0.25) is 0 Å². The van der Waals surface area contributed by atoms with Crippen LogP contribution in [0.5, 0.6) is 0 Å². The SMILES string of the molecule is CC/C=C/C/C=C/C/C=C/CCCCC(CC(=O)NC(CO)C(O)CCCCCCCCCCCCC)OC(=O)CCCCCCCCCCCCCCCC. The maximum atomic E-state index is 13.1. The zero-order valence-electron chi connectivity index (χ0n) is 37.3. The molecule has 3 atom stereocenters. The van der Waals surface area contributed by atoms with E-state index < -0.39 is 18.2 Å². The fourth-order valence-corrected chi connectivity index (χ4v) is 7.33. The fourth-order valence-electron chi connectivity index (χ4n) is 7.33. The third-order valence-corrected chi connectivity index (χ3v) is 11.0. The molecule has 3 unspecified atom stereocenters. The second-order valence-electron chi connectivity index (χ2n) is 16.5. The van der Waals surface area contributed by atoms with Crippen molar-refractivity contribution in [1.82, 2.24) is 5.32 Å². The molecule has 56 heavy (non-hydrogen) atoms. The van der Waals surface area contributed by atoms with E-state index in [4.69, 9.17) is 4.74 Å². The molecule has 0 heterocycles. The molecule has 328 valence electrons. The van der Waals surface area contributed by atoms with Gasteiger partial charge in [0.25, 0.3) is 0 Å². The maximum Gasteiger partial charge on any atom is 0.306 e. The third-order valence-electron chi connectivity index (χ3n) is 11.0. The Kier molecular flexibility index (Phi) is 42.7. The van der Waals surface area contributed by atoms with Crippen LogP contribution in [0.3, 0.4) is 0 Å². The zero-order chi connectivity index (χ0) is 41.0. The summed E-state index contributed by atoms with van der Waals surface area (Å²) >= 11 is 0. The Morgan fingerprint density at radius 1 is 0.536 bits per heavy atom. The van der Waals surface area contributed by atoms with Crippen molar-refractivity contribution in [3.05, 3.63) is 36.5 Å². The molecule has 0 aliphatic rings. The van der Waals surface area contributed by atoms with E-state index in [1.807, 2.05) is 0 Å². The Morgan fingerprint density at radius 3 is 1.45 bits per heavy atom. The predicted octanol–water partition coefficient (Wildman–Crippen LogP) is 14.1. The van der Waals surface area contributed by atoms with Gasteiger partial charge in [0.05, 0.1) is 25.2 Å². The minimum absolute atomic E-state index is 0.0548. The highest BCUT2D eigenvalue weighted by atomic mass is 16.5. The summed E-state index contributed by atoms with van der Waals surface area (Å²) < 4.78 is 5.90. The van der Waals surface area contributed by atoms with Crippen LogP contribution >= 0.6 is 0 Å². The van der Waals surface area contributed by atoms with Gasteiger partial charge in [-0.05, 0) is 57.8 Å². The number of hydrogen-bond donors (Lipinski definition) is 3. The molecule has 0 aromatic heterocycles. The lowest BCUT2D eigenvalue weighted by atomic mass is 10.0. The molecule has 0 saturated heterocycles. The average Bonchev–Trinajstić information content (AvgIpc) is 3.19. The largest absolute Gasteiger partial charge is 0.462 e. The standard InChI is InChI=1S/C50H93NO5/c1-4-7-10-13-16-19-22-24-25-28-31-34-37-40-43-50(55)56-46(41-38-35-32-29-27-23-20-17-14-11-8-5-2)44-49(54)51-47(45-52)48(53)42-39-36-33-30-26-21-18-15-12-9-6-3/h8,11,17,20,27,29,46-48,52-53H,4-7,9-10,12-16,18-19,21-26,28,30-45H2,1-3H3,(H,51,54)/b11-8+,20-17+,29-27+. The number of aliphatic hydroxyl groups excluding tert-OH is 2. The summed E-state index contributed by atoms with van der Waals surface area (Å²) in [5.74, 6) is -0.505. The summed E-state index contributed by atoms with van der Waals surface area (Å²) in [5, 5.41) is 23.7. The monoisotopic (exact) mass is 788 g/mol. The summed E-state index contributed by atoms with van der Waals surface area (Å²) in [4.78, 5) is 26.0. The van der Waals surface area contributed by atoms with Gasteiger partial charge in [-0.15, -0.1) is 0 Å². The first-order valence-corrected chi connectivity index (χ1v) is 24.2. The van der Waals surface area contributed by atoms with Crippen LogP contribution < -0.4 is 5.32 Å². The molecule has 1 amide bonds. The summed E-state index contributed by atoms with van der Waals surface area (Å²) in [7, 11) is 0. The average molecular weight is 788 g/mol. The highest BCUT2D eigenvalue weighted by Crippen LogP contribution is 2.17. The molecular formula is C50H93NO5. The first-order valence-electron chi connectivity index (χ1n) is 24.2. The smallest absolute Gasteiger partial charge is 0.306 e. The van der Waals surface area contributed by atoms with E-state index in [1.165, 1.54) is 122 Å². The molecule has 0 radical (unpaired) electrons. The minimum Gasteiger partial charge on any atom is -0.462 e. The highest BCUT2D eigenvalue weighted by molar-refractivity contribution is 5.77. The number of hydrogen-bond acceptors (Lipinski definition) is 5. The second-order valence-corrected chi connectivity index (χ2v) is 16.5. The van der Waals surface area contributed by atoms with Gasteiger partial charge in [0.2, 0.25) is 5.91 Å². The van der Waals surface area contributed by atoms with E-state index in [0.717, 1.165) is 77.0 Å². The maximum absolute atomic E-state index is 13.1. The Morgan fingerprint density at radius 2 is 0.964 bits per heavy atom. The van der Waals surface area contributed by atoms with E-state index in [1.54, 1.807) is 0 Å². The van der Waals surface area contributed by atoms with Crippen molar-refractivity contribution >= 4 is 11.9 Å². The topological polar surface area (TPSA) is 95.9 Å². The molecule has 0 aromatic rings. The molecule has 0 aliphatic carbocycles. The number of carbonyl (C=O) groups excluding carboxylic acids is 2. The molecule has 6 heteroatoms. The minimum atomic E-state index is -0.793. The lowest BCUT2D eigenvalue weighted by Crippen LogP contribution is -2.46. The molecular weight excluding hydrogens is 695 g/mol. The molecule has 0 rings (SSSR count). The second kappa shape index (κ2) is 44.2. The molecule has 0 fully saturated rings. The number of rotatable bonds is 43. The van der Waals surface area contributed by atoms with Gasteiger partial charge in [0.1, 0.15) is 6.10 Å². The van der Waals surface area contributed by atoms with Gasteiger partial charge in [-0.2, -0.15) is 0 Å². The van der Waals surface area contributed by atoms with Crippen LogP contribution in [0.25, 0.3) is 0 Å². The summed E-state index contributed by atoms with van der Waals surface area (Å²) in [6.45, 7) is 6.35. The lowest BCUT2D eigenvalue weighted by molar-refractivity contribution is -0.151. The van der Waals surface area contributed by atoms with E-state index >= 15 is 0 Å². The van der Waals surface area contributed by atoms with Crippen LogP contribution in [0.15, 0.2) is 36.5 Å². The Hall–Kier alpha value is -1.92. The van der Waals surface area contributed by atoms with Gasteiger partial charge in [-0.25, -0.2) is 0 Å². The first-order chi connectivity index (χ1) is 27.5. The van der Waals surface area contributed by atoms with Gasteiger partial charge in [0, 0.05) is 6.42 Å². The quantitative estimate of drug-likeness (QED) is 0.0325. The molecule has 6 nitrogen and oxygen atoms in total. The van der Waals surface area contributed by atoms with Crippen molar-refractivity contribution < 1.29 is 24.5 Å². The van der Waals surface area contributed by atoms with Gasteiger partial charge in [-0.1, -0.05) is 211 Å². The van der Waals surface area contributed by atoms with E-state index in [2.05, 4.69) is 62.5 Å². The van der Waals surface area contributed by atoms with Crippen molar-refractivity contribution in [1.29, 1.82) is 0 Å². The lowest BCUT2D eigenvalue weighted by Gasteiger charge is -2.24. The van der Waals surface area contributed by atoms with Crippen LogP contribution in [-0.2, 0) is 14.3 Å². The Bertz CT molecular complexity index is 930. The number of amides is 1. The Labute approximate surface area is 347 Å². The highest BCUT2D eigenvalue weighted by Gasteiger charge is 2.24. The zero-order valence-corrected chi connectivity index (χ0v) is 37.3. The van der Waals surface area contributed by atoms with Crippen molar-refractivity contribution in [2.75, 3.05) is 6.61 Å². The van der Waals surface area contributed by atoms with Gasteiger partial charge >= 0.3 is 5.97 Å². The van der Waals surface area contributed by atoms with Gasteiger partial charge < -0.3 is 20.3 Å². The predicted molar refractivity (Wildman–Crippen MR) is 241 cm³/mol. The van der Waals surface area contributed by atoms with Crippen molar-refractivity contribution in [2.24, 2.45) is 0 Å². The number of esters is 1. The Balaban J connectivity index is 4.60. The normalized spacial score (nSPS) is 13.6. The number of ether oxygens (including phenoxy) is 1. The van der Waals surface area contributed by atoms with E-state index in [-0.39, 0.29) is 24.9 Å².